The maximum atomic E-state index is 5.29. The number of rotatable bonds is 5. The van der Waals surface area contributed by atoms with Crippen molar-refractivity contribution in [1.29, 1.82) is 0 Å². The molecular formula is C14H17N3O2. The van der Waals surface area contributed by atoms with Crippen LogP contribution in [0.5, 0.6) is 11.5 Å². The molecule has 1 heterocycles. The third-order valence-electron chi connectivity index (χ3n) is 2.67. The minimum absolute atomic E-state index is 0.677. The molecule has 0 aliphatic rings. The summed E-state index contributed by atoms with van der Waals surface area (Å²) in [5, 5.41) is 3.14. The van der Waals surface area contributed by atoms with Gasteiger partial charge < -0.3 is 14.8 Å². The van der Waals surface area contributed by atoms with E-state index in [1.165, 1.54) is 0 Å². The molecule has 0 spiro atoms. The van der Waals surface area contributed by atoms with Gasteiger partial charge in [-0.1, -0.05) is 0 Å². The van der Waals surface area contributed by atoms with E-state index in [0.717, 1.165) is 23.6 Å². The van der Waals surface area contributed by atoms with Gasteiger partial charge in [0.1, 0.15) is 5.82 Å². The number of hydrogen-bond acceptors (Lipinski definition) is 5. The van der Waals surface area contributed by atoms with E-state index in [9.17, 15) is 0 Å². The van der Waals surface area contributed by atoms with Crippen LogP contribution in [-0.4, -0.2) is 30.7 Å². The lowest BCUT2D eigenvalue weighted by Gasteiger charge is -2.10. The van der Waals surface area contributed by atoms with Gasteiger partial charge in [0.15, 0.2) is 11.5 Å². The maximum Gasteiger partial charge on any atom is 0.161 e. The van der Waals surface area contributed by atoms with Crippen LogP contribution in [0.3, 0.4) is 0 Å². The molecule has 0 aliphatic carbocycles. The van der Waals surface area contributed by atoms with Gasteiger partial charge in [-0.15, -0.1) is 0 Å². The quantitative estimate of drug-likeness (QED) is 0.894. The van der Waals surface area contributed by atoms with Crippen molar-refractivity contribution in [3.05, 3.63) is 30.6 Å². The number of aromatic nitrogens is 2. The number of benzene rings is 1. The Labute approximate surface area is 112 Å². The Hall–Kier alpha value is -2.30. The van der Waals surface area contributed by atoms with E-state index in [4.69, 9.17) is 9.47 Å². The van der Waals surface area contributed by atoms with Crippen LogP contribution in [0.15, 0.2) is 30.6 Å². The Balaban J connectivity index is 2.38. The Morgan fingerprint density at radius 2 is 1.89 bits per heavy atom. The standard InChI is InChI=1S/C14H17N3O2/c1-4-16-14-9-15-8-11(17-14)10-5-6-12(18-2)13(7-10)19-3/h5-9H,4H2,1-3H3,(H,16,17). The average Bonchev–Trinajstić information content (AvgIpc) is 2.47. The number of nitrogens with zero attached hydrogens (tertiary/aromatic N) is 2. The van der Waals surface area contributed by atoms with Crippen molar-refractivity contribution >= 4 is 5.82 Å². The molecule has 0 radical (unpaired) electrons. The summed E-state index contributed by atoms with van der Waals surface area (Å²) in [4.78, 5) is 8.67. The summed E-state index contributed by atoms with van der Waals surface area (Å²) in [6.45, 7) is 2.83. The second-order valence-electron chi connectivity index (χ2n) is 3.89. The first-order valence-corrected chi connectivity index (χ1v) is 6.06. The van der Waals surface area contributed by atoms with Crippen LogP contribution < -0.4 is 14.8 Å². The fraction of sp³-hybridized carbons (Fsp3) is 0.286. The van der Waals surface area contributed by atoms with Gasteiger partial charge >= 0.3 is 0 Å². The van der Waals surface area contributed by atoms with Gasteiger partial charge in [0.05, 0.1) is 32.3 Å². The monoisotopic (exact) mass is 259 g/mol. The Bertz CT molecular complexity index is 558. The molecule has 2 rings (SSSR count). The maximum absolute atomic E-state index is 5.29. The van der Waals surface area contributed by atoms with E-state index in [1.807, 2.05) is 25.1 Å². The summed E-state index contributed by atoms with van der Waals surface area (Å²) in [7, 11) is 3.23. The second kappa shape index (κ2) is 6.04. The molecule has 5 nitrogen and oxygen atoms in total. The zero-order chi connectivity index (χ0) is 13.7. The highest BCUT2D eigenvalue weighted by Gasteiger charge is 2.07. The van der Waals surface area contributed by atoms with Crippen LogP contribution in [0, 0.1) is 0 Å². The summed E-state index contributed by atoms with van der Waals surface area (Å²) in [6.07, 6.45) is 3.43. The number of ether oxygens (including phenoxy) is 2. The van der Waals surface area contributed by atoms with Gasteiger partial charge in [-0.2, -0.15) is 0 Å². The average molecular weight is 259 g/mol. The van der Waals surface area contributed by atoms with Crippen molar-refractivity contribution in [2.75, 3.05) is 26.1 Å². The Kier molecular flexibility index (Phi) is 4.18. The lowest BCUT2D eigenvalue weighted by Crippen LogP contribution is -2.00. The fourth-order valence-corrected chi connectivity index (χ4v) is 1.77. The number of hydrogen-bond donors (Lipinski definition) is 1. The molecule has 0 unspecified atom stereocenters. The van der Waals surface area contributed by atoms with E-state index >= 15 is 0 Å². The molecule has 100 valence electrons. The van der Waals surface area contributed by atoms with Gasteiger partial charge in [-0.05, 0) is 25.1 Å². The highest BCUT2D eigenvalue weighted by atomic mass is 16.5. The van der Waals surface area contributed by atoms with Crippen molar-refractivity contribution in [3.8, 4) is 22.8 Å². The van der Waals surface area contributed by atoms with E-state index < -0.39 is 0 Å². The van der Waals surface area contributed by atoms with Gasteiger partial charge in [-0.3, -0.25) is 4.98 Å². The number of anilines is 1. The largest absolute Gasteiger partial charge is 0.493 e. The minimum Gasteiger partial charge on any atom is -0.493 e. The van der Waals surface area contributed by atoms with Gasteiger partial charge in [0.25, 0.3) is 0 Å². The normalized spacial score (nSPS) is 10.1. The van der Waals surface area contributed by atoms with Crippen molar-refractivity contribution in [1.82, 2.24) is 9.97 Å². The zero-order valence-electron chi connectivity index (χ0n) is 11.3. The topological polar surface area (TPSA) is 56.3 Å². The molecule has 0 atom stereocenters. The molecule has 0 saturated heterocycles. The molecule has 2 aromatic rings. The molecular weight excluding hydrogens is 242 g/mol. The highest BCUT2D eigenvalue weighted by Crippen LogP contribution is 2.31. The van der Waals surface area contributed by atoms with E-state index in [-0.39, 0.29) is 0 Å². The van der Waals surface area contributed by atoms with Crippen LogP contribution >= 0.6 is 0 Å². The summed E-state index contributed by atoms with van der Waals surface area (Å²) >= 11 is 0. The third kappa shape index (κ3) is 2.93. The number of methoxy groups -OCH3 is 2. The van der Waals surface area contributed by atoms with Crippen LogP contribution in [0.4, 0.5) is 5.82 Å². The fourth-order valence-electron chi connectivity index (χ4n) is 1.77. The first kappa shape index (κ1) is 13.1. The third-order valence-corrected chi connectivity index (χ3v) is 2.67. The molecule has 19 heavy (non-hydrogen) atoms. The van der Waals surface area contributed by atoms with Crippen molar-refractivity contribution in [2.24, 2.45) is 0 Å². The van der Waals surface area contributed by atoms with Crippen LogP contribution in [0.25, 0.3) is 11.3 Å². The molecule has 0 saturated carbocycles. The zero-order valence-corrected chi connectivity index (χ0v) is 11.3. The first-order valence-electron chi connectivity index (χ1n) is 6.06. The lowest BCUT2D eigenvalue weighted by atomic mass is 10.1. The molecule has 0 amide bonds. The van der Waals surface area contributed by atoms with Crippen molar-refractivity contribution < 1.29 is 9.47 Å². The van der Waals surface area contributed by atoms with Gasteiger partial charge in [0, 0.05) is 12.1 Å². The molecule has 1 aromatic heterocycles. The van der Waals surface area contributed by atoms with Crippen LogP contribution in [-0.2, 0) is 0 Å². The van der Waals surface area contributed by atoms with E-state index in [0.29, 0.717) is 11.5 Å². The predicted octanol–water partition coefficient (Wildman–Crippen LogP) is 2.59. The van der Waals surface area contributed by atoms with Gasteiger partial charge in [0.2, 0.25) is 0 Å². The SMILES string of the molecule is CCNc1cncc(-c2ccc(OC)c(OC)c2)n1. The minimum atomic E-state index is 0.677. The molecule has 5 heteroatoms. The van der Waals surface area contributed by atoms with E-state index in [2.05, 4.69) is 15.3 Å². The number of nitrogens with one attached hydrogen (secondary N) is 1. The summed E-state index contributed by atoms with van der Waals surface area (Å²) < 4.78 is 10.5. The summed E-state index contributed by atoms with van der Waals surface area (Å²) in [6, 6.07) is 5.68. The van der Waals surface area contributed by atoms with Gasteiger partial charge in [-0.25, -0.2) is 4.98 Å². The second-order valence-corrected chi connectivity index (χ2v) is 3.89. The predicted molar refractivity (Wildman–Crippen MR) is 74.7 cm³/mol. The van der Waals surface area contributed by atoms with Crippen LogP contribution in [0.2, 0.25) is 0 Å². The Morgan fingerprint density at radius 1 is 1.11 bits per heavy atom. The smallest absolute Gasteiger partial charge is 0.161 e. The molecule has 1 aromatic carbocycles. The van der Waals surface area contributed by atoms with E-state index in [1.54, 1.807) is 26.6 Å². The first-order chi connectivity index (χ1) is 9.28. The van der Waals surface area contributed by atoms with Crippen molar-refractivity contribution in [3.63, 3.8) is 0 Å². The molecule has 0 fully saturated rings. The Morgan fingerprint density at radius 3 is 2.58 bits per heavy atom. The molecule has 0 bridgehead atoms. The van der Waals surface area contributed by atoms with Crippen molar-refractivity contribution in [2.45, 2.75) is 6.92 Å². The highest BCUT2D eigenvalue weighted by molar-refractivity contribution is 5.64. The summed E-state index contributed by atoms with van der Waals surface area (Å²) in [5.41, 5.74) is 1.73. The molecule has 1 N–H and O–H groups in total. The lowest BCUT2D eigenvalue weighted by molar-refractivity contribution is 0.355. The summed E-state index contributed by atoms with van der Waals surface area (Å²) in [5.74, 6) is 2.13. The van der Waals surface area contributed by atoms with Crippen LogP contribution in [0.1, 0.15) is 6.92 Å². The molecule has 0 aliphatic heterocycles.